The zero-order chi connectivity index (χ0) is 10.1. The topological polar surface area (TPSA) is 66.2 Å². The average molecular weight is 186 g/mol. The number of rotatable bonds is 1. The third-order valence-electron chi connectivity index (χ3n) is 2.10. The predicted molar refractivity (Wildman–Crippen MR) is 52.7 cm³/mol. The molecule has 2 rings (SSSR count). The van der Waals surface area contributed by atoms with Gasteiger partial charge in [-0.05, 0) is 34.5 Å². The summed E-state index contributed by atoms with van der Waals surface area (Å²) < 4.78 is 0. The Morgan fingerprint density at radius 3 is 2.43 bits per heavy atom. The van der Waals surface area contributed by atoms with E-state index >= 15 is 0 Å². The lowest BCUT2D eigenvalue weighted by atomic mass is 10.1. The van der Waals surface area contributed by atoms with Gasteiger partial charge < -0.3 is 15.6 Å². The Morgan fingerprint density at radius 1 is 1.07 bits per heavy atom. The second kappa shape index (κ2) is 3.03. The van der Waals surface area contributed by atoms with Gasteiger partial charge in [-0.3, -0.25) is 0 Å². The van der Waals surface area contributed by atoms with Crippen molar-refractivity contribution in [1.29, 1.82) is 0 Å². The number of hydrogen-bond acceptors (Lipinski definition) is 3. The molecule has 0 aromatic heterocycles. The van der Waals surface area contributed by atoms with Crippen LogP contribution < -0.4 is 10.8 Å². The summed E-state index contributed by atoms with van der Waals surface area (Å²) in [6, 6.07) is 10.1. The lowest BCUT2D eigenvalue weighted by Gasteiger charge is -2.04. The minimum absolute atomic E-state index is 0.183. The predicted octanol–water partition coefficient (Wildman–Crippen LogP) is 0.785. The van der Waals surface area contributed by atoms with E-state index in [-0.39, 0.29) is 5.56 Å². The van der Waals surface area contributed by atoms with Gasteiger partial charge in [0, 0.05) is 5.69 Å². The van der Waals surface area contributed by atoms with E-state index < -0.39 is 5.97 Å². The summed E-state index contributed by atoms with van der Waals surface area (Å²) in [4.78, 5) is 10.6. The molecule has 2 N–H and O–H groups in total. The summed E-state index contributed by atoms with van der Waals surface area (Å²) in [5.41, 5.74) is 6.44. The number of fused-ring (bicyclic) bond motifs is 1. The Balaban J connectivity index is 2.67. The van der Waals surface area contributed by atoms with Crippen LogP contribution in [0.2, 0.25) is 0 Å². The molecular formula is C11H8NO2-. The van der Waals surface area contributed by atoms with Gasteiger partial charge in [0.2, 0.25) is 0 Å². The van der Waals surface area contributed by atoms with Crippen molar-refractivity contribution in [3.63, 3.8) is 0 Å². The highest BCUT2D eigenvalue weighted by Gasteiger charge is 1.97. The van der Waals surface area contributed by atoms with E-state index in [9.17, 15) is 9.90 Å². The van der Waals surface area contributed by atoms with Gasteiger partial charge in [0.15, 0.2) is 0 Å². The van der Waals surface area contributed by atoms with Gasteiger partial charge in [-0.1, -0.05) is 18.2 Å². The molecule has 0 saturated heterocycles. The largest absolute Gasteiger partial charge is 0.545 e. The molecule has 3 nitrogen and oxygen atoms in total. The van der Waals surface area contributed by atoms with Gasteiger partial charge in [-0.2, -0.15) is 0 Å². The van der Waals surface area contributed by atoms with Gasteiger partial charge in [-0.25, -0.2) is 0 Å². The maximum absolute atomic E-state index is 10.6. The Labute approximate surface area is 80.8 Å². The van der Waals surface area contributed by atoms with Gasteiger partial charge in [0.25, 0.3) is 0 Å². The molecule has 0 aliphatic heterocycles. The molecule has 70 valence electrons. The molecule has 0 spiro atoms. The number of benzene rings is 2. The van der Waals surface area contributed by atoms with Crippen LogP contribution in [0.3, 0.4) is 0 Å². The molecule has 0 atom stereocenters. The third kappa shape index (κ3) is 1.40. The van der Waals surface area contributed by atoms with E-state index in [1.165, 1.54) is 6.07 Å². The number of carboxylic acids is 1. The average Bonchev–Trinajstić information content (AvgIpc) is 2.16. The second-order valence-electron chi connectivity index (χ2n) is 3.11. The molecule has 3 heteroatoms. The Bertz CT molecular complexity index is 506. The van der Waals surface area contributed by atoms with Crippen LogP contribution in [0.25, 0.3) is 10.8 Å². The van der Waals surface area contributed by atoms with Crippen LogP contribution in [-0.2, 0) is 0 Å². The summed E-state index contributed by atoms with van der Waals surface area (Å²) in [6.45, 7) is 0. The van der Waals surface area contributed by atoms with Crippen molar-refractivity contribution in [3.05, 3.63) is 42.0 Å². The maximum atomic E-state index is 10.6. The molecule has 0 unspecified atom stereocenters. The van der Waals surface area contributed by atoms with E-state index in [2.05, 4.69) is 0 Å². The number of aromatic carboxylic acids is 1. The molecule has 0 fully saturated rings. The first-order valence-electron chi connectivity index (χ1n) is 4.17. The van der Waals surface area contributed by atoms with Crippen molar-refractivity contribution < 1.29 is 9.90 Å². The van der Waals surface area contributed by atoms with Gasteiger partial charge >= 0.3 is 0 Å². The molecule has 0 aliphatic carbocycles. The van der Waals surface area contributed by atoms with Gasteiger partial charge in [0.05, 0.1) is 5.97 Å². The van der Waals surface area contributed by atoms with Crippen LogP contribution in [-0.4, -0.2) is 5.97 Å². The van der Waals surface area contributed by atoms with Crippen molar-refractivity contribution in [2.75, 3.05) is 5.73 Å². The van der Waals surface area contributed by atoms with Crippen molar-refractivity contribution in [1.82, 2.24) is 0 Å². The molecule has 2 aromatic carbocycles. The maximum Gasteiger partial charge on any atom is 0.0715 e. The van der Waals surface area contributed by atoms with Crippen LogP contribution in [0, 0.1) is 0 Å². The normalized spacial score (nSPS) is 10.3. The highest BCUT2D eigenvalue weighted by atomic mass is 16.4. The number of carbonyl (C=O) groups excluding carboxylic acids is 1. The van der Waals surface area contributed by atoms with Crippen LogP contribution >= 0.6 is 0 Å². The third-order valence-corrected chi connectivity index (χ3v) is 2.10. The summed E-state index contributed by atoms with van der Waals surface area (Å²) in [5, 5.41) is 12.3. The molecule has 14 heavy (non-hydrogen) atoms. The molecule has 0 heterocycles. The number of anilines is 1. The summed E-state index contributed by atoms with van der Waals surface area (Å²) in [5.74, 6) is -1.16. The van der Waals surface area contributed by atoms with Crippen LogP contribution in [0.1, 0.15) is 10.4 Å². The van der Waals surface area contributed by atoms with Crippen LogP contribution in [0.15, 0.2) is 36.4 Å². The molecule has 0 aliphatic rings. The second-order valence-corrected chi connectivity index (χ2v) is 3.11. The smallest absolute Gasteiger partial charge is 0.0715 e. The van der Waals surface area contributed by atoms with Crippen molar-refractivity contribution >= 4 is 22.4 Å². The Kier molecular flexibility index (Phi) is 1.85. The lowest BCUT2D eigenvalue weighted by molar-refractivity contribution is -0.255. The monoisotopic (exact) mass is 186 g/mol. The number of nitrogens with two attached hydrogens (primary N) is 1. The number of nitrogen functional groups attached to an aromatic ring is 1. The first-order valence-corrected chi connectivity index (χ1v) is 4.17. The van der Waals surface area contributed by atoms with Gasteiger partial charge in [-0.15, -0.1) is 0 Å². The number of carbonyl (C=O) groups is 1. The minimum atomic E-state index is -1.16. The van der Waals surface area contributed by atoms with Crippen LogP contribution in [0.4, 0.5) is 5.69 Å². The summed E-state index contributed by atoms with van der Waals surface area (Å²) in [7, 11) is 0. The van der Waals surface area contributed by atoms with E-state index in [0.717, 1.165) is 10.8 Å². The van der Waals surface area contributed by atoms with Crippen molar-refractivity contribution in [2.45, 2.75) is 0 Å². The fourth-order valence-electron chi connectivity index (χ4n) is 1.39. The fraction of sp³-hybridized carbons (Fsp3) is 0. The Hall–Kier alpha value is -2.03. The highest BCUT2D eigenvalue weighted by molar-refractivity contribution is 5.94. The zero-order valence-electron chi connectivity index (χ0n) is 7.36. The van der Waals surface area contributed by atoms with Crippen molar-refractivity contribution in [3.8, 4) is 0 Å². The summed E-state index contributed by atoms with van der Waals surface area (Å²) in [6.07, 6.45) is 0. The van der Waals surface area contributed by atoms with E-state index in [1.807, 2.05) is 0 Å². The number of carboxylic acid groups (broad SMARTS) is 1. The fourth-order valence-corrected chi connectivity index (χ4v) is 1.39. The molecule has 0 saturated carbocycles. The highest BCUT2D eigenvalue weighted by Crippen LogP contribution is 2.18. The van der Waals surface area contributed by atoms with Crippen molar-refractivity contribution in [2.24, 2.45) is 0 Å². The molecule has 0 amide bonds. The first-order chi connectivity index (χ1) is 6.66. The minimum Gasteiger partial charge on any atom is -0.545 e. The van der Waals surface area contributed by atoms with E-state index in [1.54, 1.807) is 30.3 Å². The van der Waals surface area contributed by atoms with Gasteiger partial charge in [0.1, 0.15) is 0 Å². The van der Waals surface area contributed by atoms with Crippen LogP contribution in [0.5, 0.6) is 0 Å². The molecular weight excluding hydrogens is 178 g/mol. The van der Waals surface area contributed by atoms with E-state index in [4.69, 9.17) is 5.73 Å². The SMILES string of the molecule is Nc1ccc2cc(C(=O)[O-])ccc2c1. The summed E-state index contributed by atoms with van der Waals surface area (Å²) >= 11 is 0. The standard InChI is InChI=1S/C11H9NO2/c12-10-4-3-7-5-9(11(13)14)2-1-8(7)6-10/h1-6H,12H2,(H,13,14)/p-1. The Morgan fingerprint density at radius 2 is 1.71 bits per heavy atom. The molecule has 0 bridgehead atoms. The molecule has 2 aromatic rings. The number of hydrogen-bond donors (Lipinski definition) is 1. The van der Waals surface area contributed by atoms with E-state index in [0.29, 0.717) is 5.69 Å². The quantitative estimate of drug-likeness (QED) is 0.669. The lowest BCUT2D eigenvalue weighted by Crippen LogP contribution is -2.21. The molecule has 0 radical (unpaired) electrons. The first kappa shape index (κ1) is 8.56. The zero-order valence-corrected chi connectivity index (χ0v) is 7.36.